The van der Waals surface area contributed by atoms with Crippen molar-refractivity contribution in [3.05, 3.63) is 70.6 Å². The SMILES string of the molecule is COc1ccc(CN(C)c2cc(Cl)nc3c2ncn3C(=O)N[C@@H]2CC[C@H]2OCc2cc(N)cc(C3CCOCC3)c2)c(OC)c1. The number of hydrogen-bond acceptors (Lipinski definition) is 9. The summed E-state index contributed by atoms with van der Waals surface area (Å²) in [5.41, 5.74) is 11.9. The average Bonchev–Trinajstić information content (AvgIpc) is 3.46. The lowest BCUT2D eigenvalue weighted by atomic mass is 9.88. The topological polar surface area (TPSA) is 126 Å². The maximum Gasteiger partial charge on any atom is 0.328 e. The monoisotopic (exact) mass is 634 g/mol. The molecule has 2 aliphatic rings. The molecule has 6 rings (SSSR count). The van der Waals surface area contributed by atoms with Gasteiger partial charge in [-0.25, -0.2) is 19.3 Å². The molecule has 1 saturated heterocycles. The molecule has 4 aromatic rings. The van der Waals surface area contributed by atoms with Gasteiger partial charge < -0.3 is 34.9 Å². The zero-order valence-corrected chi connectivity index (χ0v) is 26.5. The Hall–Kier alpha value is -4.06. The summed E-state index contributed by atoms with van der Waals surface area (Å²) in [5.74, 6) is 1.87. The van der Waals surface area contributed by atoms with Crippen molar-refractivity contribution in [3.8, 4) is 11.5 Å². The molecule has 1 aliphatic carbocycles. The summed E-state index contributed by atoms with van der Waals surface area (Å²) < 4.78 is 24.1. The van der Waals surface area contributed by atoms with E-state index in [1.54, 1.807) is 20.3 Å². The number of methoxy groups -OCH3 is 2. The molecular weight excluding hydrogens is 596 g/mol. The highest BCUT2D eigenvalue weighted by Gasteiger charge is 2.34. The number of hydrogen-bond donors (Lipinski definition) is 2. The number of nitrogen functional groups attached to an aromatic ring is 1. The highest BCUT2D eigenvalue weighted by Crippen LogP contribution is 2.33. The van der Waals surface area contributed by atoms with Crippen molar-refractivity contribution in [1.82, 2.24) is 19.9 Å². The van der Waals surface area contributed by atoms with Crippen LogP contribution in [0, 0.1) is 0 Å². The van der Waals surface area contributed by atoms with Crippen LogP contribution in [0.4, 0.5) is 16.2 Å². The largest absolute Gasteiger partial charge is 0.497 e. The van der Waals surface area contributed by atoms with E-state index in [1.807, 2.05) is 36.2 Å². The van der Waals surface area contributed by atoms with E-state index in [9.17, 15) is 4.79 Å². The van der Waals surface area contributed by atoms with Crippen molar-refractivity contribution in [2.45, 2.75) is 56.9 Å². The fourth-order valence-corrected chi connectivity index (χ4v) is 6.25. The third-order valence-electron chi connectivity index (χ3n) is 8.70. The van der Waals surface area contributed by atoms with Crippen LogP contribution in [0.25, 0.3) is 11.2 Å². The fourth-order valence-electron chi connectivity index (χ4n) is 6.07. The molecule has 2 aromatic carbocycles. The molecule has 3 heterocycles. The van der Waals surface area contributed by atoms with Crippen LogP contribution in [-0.2, 0) is 22.6 Å². The highest BCUT2D eigenvalue weighted by atomic mass is 35.5. The lowest BCUT2D eigenvalue weighted by Gasteiger charge is -2.36. The molecule has 0 bridgehead atoms. The number of nitrogens with zero attached hydrogens (tertiary/aromatic N) is 4. The van der Waals surface area contributed by atoms with Crippen molar-refractivity contribution >= 4 is 40.2 Å². The first-order chi connectivity index (χ1) is 21.8. The number of ether oxygens (including phenoxy) is 4. The Labute approximate surface area is 267 Å². The maximum atomic E-state index is 13.4. The zero-order chi connectivity index (χ0) is 31.5. The minimum atomic E-state index is -0.332. The van der Waals surface area contributed by atoms with Gasteiger partial charge in [0, 0.05) is 50.2 Å². The van der Waals surface area contributed by atoms with Gasteiger partial charge in [0.25, 0.3) is 0 Å². The Morgan fingerprint density at radius 2 is 1.93 bits per heavy atom. The van der Waals surface area contributed by atoms with E-state index in [0.29, 0.717) is 41.7 Å². The maximum absolute atomic E-state index is 13.4. The van der Waals surface area contributed by atoms with Gasteiger partial charge in [-0.2, -0.15) is 0 Å². The Morgan fingerprint density at radius 1 is 1.11 bits per heavy atom. The molecule has 238 valence electrons. The van der Waals surface area contributed by atoms with Gasteiger partial charge in [-0.1, -0.05) is 17.7 Å². The number of carbonyl (C=O) groups is 1. The third kappa shape index (κ3) is 6.80. The van der Waals surface area contributed by atoms with Gasteiger partial charge in [0.05, 0.1) is 38.7 Å². The van der Waals surface area contributed by atoms with Crippen molar-refractivity contribution in [1.29, 1.82) is 0 Å². The molecule has 1 saturated carbocycles. The van der Waals surface area contributed by atoms with Crippen LogP contribution in [0.2, 0.25) is 5.15 Å². The number of pyridine rings is 1. The molecule has 2 fully saturated rings. The minimum absolute atomic E-state index is 0.102. The highest BCUT2D eigenvalue weighted by molar-refractivity contribution is 6.30. The number of carbonyl (C=O) groups excluding carboxylic acids is 1. The molecule has 1 amide bonds. The molecule has 3 N–H and O–H groups in total. The fraction of sp³-hybridized carbons (Fsp3) is 0.424. The van der Waals surface area contributed by atoms with E-state index in [2.05, 4.69) is 27.4 Å². The molecule has 2 atom stereocenters. The van der Waals surface area contributed by atoms with Gasteiger partial charge in [-0.3, -0.25) is 0 Å². The van der Waals surface area contributed by atoms with Gasteiger partial charge >= 0.3 is 6.03 Å². The Morgan fingerprint density at radius 3 is 2.67 bits per heavy atom. The Bertz CT molecular complexity index is 1670. The number of benzene rings is 2. The standard InChI is InChI=1S/C33H39ClN6O5/c1-39(17-22-4-5-25(42-2)15-29(22)43-3)27-16-30(34)38-32-31(27)36-19-40(32)33(41)37-26-6-7-28(26)45-18-20-12-23(14-24(35)13-20)21-8-10-44-11-9-21/h4-5,12-16,19,21,26,28H,6-11,17-18,35H2,1-3H3,(H,37,41)/t26-,28-/m1/s1. The van der Waals surface area contributed by atoms with Crippen LogP contribution in [0.15, 0.2) is 48.8 Å². The first-order valence-electron chi connectivity index (χ1n) is 15.2. The van der Waals surface area contributed by atoms with Gasteiger partial charge in [0.2, 0.25) is 0 Å². The van der Waals surface area contributed by atoms with E-state index >= 15 is 0 Å². The molecular formula is C33H39ClN6O5. The van der Waals surface area contributed by atoms with Crippen molar-refractivity contribution in [2.24, 2.45) is 0 Å². The second-order valence-corrected chi connectivity index (χ2v) is 12.0. The number of nitrogens with one attached hydrogen (secondary N) is 1. The van der Waals surface area contributed by atoms with E-state index in [-0.39, 0.29) is 23.3 Å². The molecule has 12 heteroatoms. The number of amides is 1. The first-order valence-corrected chi connectivity index (χ1v) is 15.6. The van der Waals surface area contributed by atoms with Crippen LogP contribution in [0.3, 0.4) is 0 Å². The molecule has 0 radical (unpaired) electrons. The number of rotatable bonds is 10. The van der Waals surface area contributed by atoms with Crippen LogP contribution in [0.1, 0.15) is 48.3 Å². The lowest BCUT2D eigenvalue weighted by molar-refractivity contribution is -0.0323. The summed E-state index contributed by atoms with van der Waals surface area (Å²) in [7, 11) is 5.17. The number of nitrogens with two attached hydrogens (primary N) is 1. The summed E-state index contributed by atoms with van der Waals surface area (Å²) in [6.07, 6.45) is 5.05. The summed E-state index contributed by atoms with van der Waals surface area (Å²) in [4.78, 5) is 24.4. The molecule has 0 spiro atoms. The summed E-state index contributed by atoms with van der Waals surface area (Å²) in [6.45, 7) is 2.49. The minimum Gasteiger partial charge on any atom is -0.497 e. The third-order valence-corrected chi connectivity index (χ3v) is 8.89. The molecule has 2 aromatic heterocycles. The van der Waals surface area contributed by atoms with Gasteiger partial charge in [0.1, 0.15) is 28.5 Å². The second-order valence-electron chi connectivity index (χ2n) is 11.7. The van der Waals surface area contributed by atoms with Crippen molar-refractivity contribution in [2.75, 3.05) is 45.1 Å². The van der Waals surface area contributed by atoms with Gasteiger partial charge in [-0.05, 0) is 67.0 Å². The van der Waals surface area contributed by atoms with Crippen LogP contribution in [-0.4, -0.2) is 67.2 Å². The molecule has 1 aliphatic heterocycles. The van der Waals surface area contributed by atoms with Crippen LogP contribution < -0.4 is 25.4 Å². The quantitative estimate of drug-likeness (QED) is 0.171. The normalized spacial score (nSPS) is 18.4. The Balaban J connectivity index is 1.12. The number of fused-ring (bicyclic) bond motifs is 1. The zero-order valence-electron chi connectivity index (χ0n) is 25.8. The van der Waals surface area contributed by atoms with Crippen molar-refractivity contribution in [3.63, 3.8) is 0 Å². The second kappa shape index (κ2) is 13.5. The smallest absolute Gasteiger partial charge is 0.328 e. The Kier molecular flexibility index (Phi) is 9.29. The number of imidazole rings is 1. The van der Waals surface area contributed by atoms with E-state index in [0.717, 1.165) is 61.4 Å². The summed E-state index contributed by atoms with van der Waals surface area (Å²) >= 11 is 6.45. The van der Waals surface area contributed by atoms with Crippen LogP contribution in [0.5, 0.6) is 11.5 Å². The predicted octanol–water partition coefficient (Wildman–Crippen LogP) is 5.52. The average molecular weight is 635 g/mol. The number of anilines is 2. The number of halogens is 1. The van der Waals surface area contributed by atoms with E-state index in [4.69, 9.17) is 36.3 Å². The van der Waals surface area contributed by atoms with E-state index in [1.165, 1.54) is 16.5 Å². The lowest BCUT2D eigenvalue weighted by Crippen LogP contribution is -2.52. The van der Waals surface area contributed by atoms with Gasteiger partial charge in [-0.15, -0.1) is 0 Å². The van der Waals surface area contributed by atoms with Gasteiger partial charge in [0.15, 0.2) is 5.65 Å². The first kappa shape index (κ1) is 30.9. The van der Waals surface area contributed by atoms with Crippen molar-refractivity contribution < 1.29 is 23.7 Å². The molecule has 11 nitrogen and oxygen atoms in total. The number of aromatic nitrogens is 3. The molecule has 0 unspecified atom stereocenters. The predicted molar refractivity (Wildman–Crippen MR) is 173 cm³/mol. The molecule has 45 heavy (non-hydrogen) atoms. The summed E-state index contributed by atoms with van der Waals surface area (Å²) in [5, 5.41) is 3.36. The summed E-state index contributed by atoms with van der Waals surface area (Å²) in [6, 6.07) is 13.2. The van der Waals surface area contributed by atoms with Crippen LogP contribution >= 0.6 is 11.6 Å². The van der Waals surface area contributed by atoms with E-state index < -0.39 is 0 Å².